The van der Waals surface area contributed by atoms with Gasteiger partial charge in [0.15, 0.2) is 6.29 Å². The third-order valence-corrected chi connectivity index (χ3v) is 16.7. The molecule has 1 heterocycles. The monoisotopic (exact) mass is 1080 g/mol. The molecule has 76 heavy (non-hydrogen) atoms. The van der Waals surface area contributed by atoms with E-state index in [2.05, 4.69) is 19.2 Å². The average Bonchev–Trinajstić information content (AvgIpc) is 3.42. The Bertz CT molecular complexity index is 1200. The van der Waals surface area contributed by atoms with Crippen LogP contribution in [0.4, 0.5) is 0 Å². The summed E-state index contributed by atoms with van der Waals surface area (Å²) in [6.07, 6.45) is 53.4. The van der Waals surface area contributed by atoms with Crippen molar-refractivity contribution < 1.29 is 50.0 Å². The van der Waals surface area contributed by atoms with Gasteiger partial charge in [0.25, 0.3) is 0 Å². The van der Waals surface area contributed by atoms with Gasteiger partial charge in [-0.15, -0.1) is 0 Å². The molecular weight excluding hydrogens is 955 g/mol. The number of hydrogen-bond donors (Lipinski definition) is 8. The first-order valence-corrected chi connectivity index (χ1v) is 33.4. The summed E-state index contributed by atoms with van der Waals surface area (Å²) < 4.78 is 11.2. The lowest BCUT2D eigenvalue weighted by molar-refractivity contribution is -0.303. The molecule has 9 unspecified atom stereocenters. The molecule has 1 aliphatic heterocycles. The van der Waals surface area contributed by atoms with Crippen molar-refractivity contribution in [3.8, 4) is 0 Å². The molecule has 0 aliphatic carbocycles. The number of ether oxygens (including phenoxy) is 2. The number of carbonyl (C=O) groups excluding carboxylic acids is 1. The van der Waals surface area contributed by atoms with Crippen LogP contribution in [0.2, 0.25) is 0 Å². The molecule has 8 N–H and O–H groups in total. The van der Waals surface area contributed by atoms with Crippen molar-refractivity contribution in [3.05, 3.63) is 0 Å². The molecule has 0 bridgehead atoms. The number of carbonyl (C=O) groups is 1. The molecule has 0 saturated carbocycles. The maximum absolute atomic E-state index is 13.2. The summed E-state index contributed by atoms with van der Waals surface area (Å²) in [4.78, 5) is 13.2. The molecule has 0 radical (unpaired) electrons. The molecule has 0 aromatic rings. The van der Waals surface area contributed by atoms with Crippen LogP contribution >= 0.6 is 0 Å². The van der Waals surface area contributed by atoms with Crippen molar-refractivity contribution in [1.29, 1.82) is 0 Å². The van der Waals surface area contributed by atoms with Crippen molar-refractivity contribution in [2.24, 2.45) is 0 Å². The van der Waals surface area contributed by atoms with Crippen molar-refractivity contribution >= 4 is 5.91 Å². The highest BCUT2D eigenvalue weighted by Crippen LogP contribution is 2.24. The Hall–Kier alpha value is -0.890. The predicted molar refractivity (Wildman–Crippen MR) is 316 cm³/mol. The minimum Gasteiger partial charge on any atom is -0.394 e. The van der Waals surface area contributed by atoms with Crippen molar-refractivity contribution in [2.45, 2.75) is 396 Å². The number of aliphatic hydroxyl groups excluding tert-OH is 7. The zero-order valence-corrected chi connectivity index (χ0v) is 50.0. The van der Waals surface area contributed by atoms with Gasteiger partial charge in [-0.25, -0.2) is 0 Å². The summed E-state index contributed by atoms with van der Waals surface area (Å²) in [7, 11) is 0. The van der Waals surface area contributed by atoms with Crippen LogP contribution in [0.5, 0.6) is 0 Å². The fourth-order valence-corrected chi connectivity index (χ4v) is 11.3. The van der Waals surface area contributed by atoms with E-state index in [9.17, 15) is 40.5 Å². The molecule has 0 aromatic carbocycles. The van der Waals surface area contributed by atoms with E-state index in [0.29, 0.717) is 19.3 Å². The van der Waals surface area contributed by atoms with Gasteiger partial charge in [0.2, 0.25) is 5.91 Å². The minimum atomic E-state index is -1.66. The second-order valence-electron chi connectivity index (χ2n) is 23.9. The normalized spacial score (nSPS) is 19.5. The molecule has 0 aromatic heterocycles. The van der Waals surface area contributed by atoms with Crippen LogP contribution in [0.3, 0.4) is 0 Å². The van der Waals surface area contributed by atoms with Gasteiger partial charge in [0.1, 0.15) is 36.6 Å². The van der Waals surface area contributed by atoms with E-state index in [4.69, 9.17) is 9.47 Å². The highest BCUT2D eigenvalue weighted by atomic mass is 16.7. The fraction of sp³-hybridized carbons (Fsp3) is 0.985. The van der Waals surface area contributed by atoms with Gasteiger partial charge < -0.3 is 50.5 Å². The lowest BCUT2D eigenvalue weighted by atomic mass is 9.98. The highest BCUT2D eigenvalue weighted by Gasteiger charge is 2.44. The first-order chi connectivity index (χ1) is 37.2. The number of hydrogen-bond acceptors (Lipinski definition) is 10. The van der Waals surface area contributed by atoms with E-state index in [1.54, 1.807) is 0 Å². The summed E-state index contributed by atoms with van der Waals surface area (Å²) >= 11 is 0. The Morgan fingerprint density at radius 3 is 0.974 bits per heavy atom. The number of nitrogens with one attached hydrogen (secondary N) is 1. The maximum Gasteiger partial charge on any atom is 0.249 e. The van der Waals surface area contributed by atoms with Crippen LogP contribution in [0.15, 0.2) is 0 Å². The SMILES string of the molecule is CCCCCCCCCCCCCCCCCCCCCCCCCCCCCCCCCCCCC(O)C(=O)NC(COC1OC(CO)C(O)C(O)C1O)C(O)C(O)CCCCCCCCCCCCCCCCC. The number of aliphatic hydroxyl groups is 7. The van der Waals surface area contributed by atoms with Gasteiger partial charge in [-0.3, -0.25) is 4.79 Å². The van der Waals surface area contributed by atoms with Crippen LogP contribution in [0.25, 0.3) is 0 Å². The van der Waals surface area contributed by atoms with Crippen LogP contribution in [0.1, 0.15) is 341 Å². The smallest absolute Gasteiger partial charge is 0.249 e. The van der Waals surface area contributed by atoms with Gasteiger partial charge >= 0.3 is 0 Å². The minimum absolute atomic E-state index is 0.267. The third kappa shape index (κ3) is 42.0. The lowest BCUT2D eigenvalue weighted by Crippen LogP contribution is -2.60. The first kappa shape index (κ1) is 73.1. The van der Waals surface area contributed by atoms with E-state index in [0.717, 1.165) is 38.5 Å². The summed E-state index contributed by atoms with van der Waals surface area (Å²) in [6, 6.07) is -1.16. The van der Waals surface area contributed by atoms with Gasteiger partial charge in [0.05, 0.1) is 25.4 Å². The van der Waals surface area contributed by atoms with Crippen molar-refractivity contribution in [3.63, 3.8) is 0 Å². The van der Waals surface area contributed by atoms with Gasteiger partial charge in [-0.2, -0.15) is 0 Å². The molecule has 1 aliphatic rings. The third-order valence-electron chi connectivity index (χ3n) is 16.7. The molecule has 1 fully saturated rings. The molecular formula is C65H129NO10. The second-order valence-corrected chi connectivity index (χ2v) is 23.9. The van der Waals surface area contributed by atoms with E-state index >= 15 is 0 Å². The van der Waals surface area contributed by atoms with Gasteiger partial charge in [-0.05, 0) is 12.8 Å². The Morgan fingerprint density at radius 1 is 0.408 bits per heavy atom. The Balaban J connectivity index is 2.13. The fourth-order valence-electron chi connectivity index (χ4n) is 11.3. The van der Waals surface area contributed by atoms with Crippen LogP contribution < -0.4 is 5.32 Å². The maximum atomic E-state index is 13.2. The second kappa shape index (κ2) is 54.7. The van der Waals surface area contributed by atoms with E-state index < -0.39 is 74.2 Å². The molecule has 0 spiro atoms. The zero-order chi connectivity index (χ0) is 55.4. The van der Waals surface area contributed by atoms with E-state index in [1.165, 1.54) is 263 Å². The summed E-state index contributed by atoms with van der Waals surface area (Å²) in [5.41, 5.74) is 0. The molecule has 11 nitrogen and oxygen atoms in total. The molecule has 1 rings (SSSR count). The van der Waals surface area contributed by atoms with E-state index in [1.807, 2.05) is 0 Å². The van der Waals surface area contributed by atoms with Crippen LogP contribution in [-0.4, -0.2) is 110 Å². The topological polar surface area (TPSA) is 189 Å². The molecule has 1 amide bonds. The quantitative estimate of drug-likeness (QED) is 0.0272. The zero-order valence-electron chi connectivity index (χ0n) is 50.0. The lowest BCUT2D eigenvalue weighted by Gasteiger charge is -2.40. The summed E-state index contributed by atoms with van der Waals surface area (Å²) in [6.45, 7) is 3.50. The van der Waals surface area contributed by atoms with Crippen molar-refractivity contribution in [1.82, 2.24) is 5.32 Å². The van der Waals surface area contributed by atoms with Crippen LogP contribution in [0, 0.1) is 0 Å². The standard InChI is InChI=1S/C65H129NO10/c1-3-5-7-9-11-13-15-17-19-20-21-22-23-24-25-26-27-28-29-30-31-32-33-34-35-36-37-39-41-43-45-47-49-51-53-58(69)64(74)66-56(55-75-65-63(73)62(72)61(71)59(54-67)76-65)60(70)57(68)52-50-48-46-44-42-40-38-18-16-14-12-10-8-6-4-2/h56-63,65,67-73H,3-55H2,1-2H3,(H,66,74). The van der Waals surface area contributed by atoms with Crippen molar-refractivity contribution in [2.75, 3.05) is 13.2 Å². The largest absolute Gasteiger partial charge is 0.394 e. The molecule has 11 heteroatoms. The number of unbranched alkanes of at least 4 members (excludes halogenated alkanes) is 47. The number of rotatable bonds is 59. The van der Waals surface area contributed by atoms with Gasteiger partial charge in [-0.1, -0.05) is 328 Å². The molecule has 454 valence electrons. The van der Waals surface area contributed by atoms with Crippen LogP contribution in [-0.2, 0) is 14.3 Å². The van der Waals surface area contributed by atoms with E-state index in [-0.39, 0.29) is 6.42 Å². The molecule has 1 saturated heterocycles. The Labute approximate surface area is 469 Å². The Morgan fingerprint density at radius 2 is 0.684 bits per heavy atom. The van der Waals surface area contributed by atoms with Gasteiger partial charge in [0, 0.05) is 0 Å². The average molecular weight is 1080 g/mol. The summed E-state index contributed by atoms with van der Waals surface area (Å²) in [5, 5.41) is 76.3. The Kier molecular flexibility index (Phi) is 52.6. The summed E-state index contributed by atoms with van der Waals surface area (Å²) in [5.74, 6) is -0.688. The predicted octanol–water partition coefficient (Wildman–Crippen LogP) is 15.3. The first-order valence-electron chi connectivity index (χ1n) is 33.4. The molecule has 9 atom stereocenters. The number of amides is 1. The highest BCUT2D eigenvalue weighted by molar-refractivity contribution is 5.80.